The number of rotatable bonds is 8. The van der Waals surface area contributed by atoms with Gasteiger partial charge in [0.25, 0.3) is 0 Å². The van der Waals surface area contributed by atoms with E-state index >= 15 is 0 Å². The zero-order valence-corrected chi connectivity index (χ0v) is 16.0. The first-order valence-corrected chi connectivity index (χ1v) is 8.69. The Hall–Kier alpha value is -3.26. The van der Waals surface area contributed by atoms with Crippen LogP contribution in [-0.4, -0.2) is 44.0 Å². The number of anilines is 1. The second-order valence-electron chi connectivity index (χ2n) is 5.75. The molecule has 0 radical (unpaired) electrons. The number of aliphatic hydroxyl groups excluding tert-OH is 1. The molecule has 2 amide bonds. The van der Waals surface area contributed by atoms with Gasteiger partial charge in [0.1, 0.15) is 17.6 Å². The zero-order valence-electron chi connectivity index (χ0n) is 16.0. The van der Waals surface area contributed by atoms with Crippen molar-refractivity contribution in [3.8, 4) is 11.5 Å². The Balaban J connectivity index is 2.15. The highest BCUT2D eigenvalue weighted by atomic mass is 16.5. The van der Waals surface area contributed by atoms with Gasteiger partial charge in [0.05, 0.1) is 26.5 Å². The standard InChI is InChI=1S/C20H24N2O6/c1-4-28-16-8-6-5-7-15(16)21-20(25)22-17(19(24)27-3)18(23)13-9-11-14(26-2)12-10-13/h5-12,17-18,23H,4H2,1-3H3,(H2,21,22,25). The minimum Gasteiger partial charge on any atom is -0.497 e. The van der Waals surface area contributed by atoms with Crippen molar-refractivity contribution in [3.63, 3.8) is 0 Å². The number of benzene rings is 2. The van der Waals surface area contributed by atoms with Gasteiger partial charge in [0.15, 0.2) is 6.04 Å². The molecular formula is C20H24N2O6. The molecule has 28 heavy (non-hydrogen) atoms. The molecule has 8 heteroatoms. The summed E-state index contributed by atoms with van der Waals surface area (Å²) in [5.41, 5.74) is 0.857. The van der Waals surface area contributed by atoms with Crippen LogP contribution in [0, 0.1) is 0 Å². The zero-order chi connectivity index (χ0) is 20.5. The highest BCUT2D eigenvalue weighted by Gasteiger charge is 2.31. The maximum Gasteiger partial charge on any atom is 0.331 e. The van der Waals surface area contributed by atoms with Crippen LogP contribution in [0.5, 0.6) is 11.5 Å². The number of urea groups is 1. The molecule has 2 rings (SSSR count). The van der Waals surface area contributed by atoms with Crippen molar-refractivity contribution in [2.24, 2.45) is 0 Å². The van der Waals surface area contributed by atoms with E-state index in [1.807, 2.05) is 6.92 Å². The van der Waals surface area contributed by atoms with E-state index in [-0.39, 0.29) is 0 Å². The van der Waals surface area contributed by atoms with E-state index in [4.69, 9.17) is 14.2 Å². The van der Waals surface area contributed by atoms with Gasteiger partial charge in [-0.25, -0.2) is 9.59 Å². The van der Waals surface area contributed by atoms with Crippen LogP contribution in [0.2, 0.25) is 0 Å². The smallest absolute Gasteiger partial charge is 0.331 e. The Morgan fingerprint density at radius 1 is 1.07 bits per heavy atom. The summed E-state index contributed by atoms with van der Waals surface area (Å²) < 4.78 is 15.3. The first-order chi connectivity index (χ1) is 13.5. The molecule has 0 aliphatic heterocycles. The fourth-order valence-electron chi connectivity index (χ4n) is 2.54. The highest BCUT2D eigenvalue weighted by molar-refractivity contribution is 5.94. The minimum absolute atomic E-state index is 0.422. The van der Waals surface area contributed by atoms with Gasteiger partial charge < -0.3 is 30.0 Å². The van der Waals surface area contributed by atoms with E-state index in [1.54, 1.807) is 48.5 Å². The Labute approximate surface area is 163 Å². The van der Waals surface area contributed by atoms with Gasteiger partial charge >= 0.3 is 12.0 Å². The highest BCUT2D eigenvalue weighted by Crippen LogP contribution is 2.24. The normalized spacial score (nSPS) is 12.4. The molecule has 0 saturated carbocycles. The van der Waals surface area contributed by atoms with Crippen LogP contribution < -0.4 is 20.1 Å². The molecule has 0 aliphatic rings. The lowest BCUT2D eigenvalue weighted by Gasteiger charge is -2.23. The molecule has 0 aliphatic carbocycles. The molecule has 0 fully saturated rings. The lowest BCUT2D eigenvalue weighted by atomic mass is 10.0. The molecule has 8 nitrogen and oxygen atoms in total. The van der Waals surface area contributed by atoms with Gasteiger partial charge in [-0.05, 0) is 36.8 Å². The van der Waals surface area contributed by atoms with E-state index < -0.39 is 24.1 Å². The molecule has 2 aromatic carbocycles. The van der Waals surface area contributed by atoms with Crippen molar-refractivity contribution in [2.75, 3.05) is 26.1 Å². The van der Waals surface area contributed by atoms with E-state index in [0.29, 0.717) is 29.4 Å². The largest absolute Gasteiger partial charge is 0.497 e. The summed E-state index contributed by atoms with van der Waals surface area (Å²) in [6.07, 6.45) is -1.31. The van der Waals surface area contributed by atoms with Crippen LogP contribution >= 0.6 is 0 Å². The second-order valence-corrected chi connectivity index (χ2v) is 5.75. The topological polar surface area (TPSA) is 106 Å². The Kier molecular flexibility index (Phi) is 7.65. The summed E-state index contributed by atoms with van der Waals surface area (Å²) in [4.78, 5) is 24.6. The lowest BCUT2D eigenvalue weighted by Crippen LogP contribution is -2.47. The monoisotopic (exact) mass is 388 g/mol. The molecule has 0 spiro atoms. The average Bonchev–Trinajstić information content (AvgIpc) is 2.72. The fraction of sp³-hybridized carbons (Fsp3) is 0.300. The molecular weight excluding hydrogens is 364 g/mol. The average molecular weight is 388 g/mol. The second kappa shape index (κ2) is 10.2. The van der Waals surface area contributed by atoms with Crippen molar-refractivity contribution in [3.05, 3.63) is 54.1 Å². The third-order valence-electron chi connectivity index (χ3n) is 3.95. The number of esters is 1. The number of hydrogen-bond donors (Lipinski definition) is 3. The number of methoxy groups -OCH3 is 2. The van der Waals surface area contributed by atoms with Crippen molar-refractivity contribution in [1.29, 1.82) is 0 Å². The summed E-state index contributed by atoms with van der Waals surface area (Å²) in [6, 6.07) is 11.4. The molecule has 2 unspecified atom stereocenters. The molecule has 2 atom stereocenters. The number of hydrogen-bond acceptors (Lipinski definition) is 6. The lowest BCUT2D eigenvalue weighted by molar-refractivity contribution is -0.145. The number of nitrogens with one attached hydrogen (secondary N) is 2. The van der Waals surface area contributed by atoms with E-state index in [0.717, 1.165) is 0 Å². The van der Waals surface area contributed by atoms with Crippen LogP contribution in [-0.2, 0) is 9.53 Å². The Morgan fingerprint density at radius 2 is 1.75 bits per heavy atom. The van der Waals surface area contributed by atoms with E-state index in [2.05, 4.69) is 10.6 Å². The van der Waals surface area contributed by atoms with Crippen LogP contribution in [0.15, 0.2) is 48.5 Å². The number of para-hydroxylation sites is 2. The minimum atomic E-state index is -1.31. The first-order valence-electron chi connectivity index (χ1n) is 8.69. The Bertz CT molecular complexity index is 794. The van der Waals surface area contributed by atoms with Crippen LogP contribution in [0.4, 0.5) is 10.5 Å². The van der Waals surface area contributed by atoms with Crippen molar-refractivity contribution in [1.82, 2.24) is 5.32 Å². The van der Waals surface area contributed by atoms with E-state index in [1.165, 1.54) is 14.2 Å². The first kappa shape index (κ1) is 21.0. The number of carbonyl (C=O) groups is 2. The van der Waals surface area contributed by atoms with Gasteiger partial charge in [0.2, 0.25) is 0 Å². The summed E-state index contributed by atoms with van der Waals surface area (Å²) in [6.45, 7) is 2.26. The van der Waals surface area contributed by atoms with Gasteiger partial charge in [-0.1, -0.05) is 24.3 Å². The van der Waals surface area contributed by atoms with Crippen LogP contribution in [0.3, 0.4) is 0 Å². The quantitative estimate of drug-likeness (QED) is 0.600. The van der Waals surface area contributed by atoms with Gasteiger partial charge in [-0.2, -0.15) is 0 Å². The SMILES string of the molecule is CCOc1ccccc1NC(=O)NC(C(=O)OC)C(O)c1ccc(OC)cc1. The van der Waals surface area contributed by atoms with Gasteiger partial charge in [-0.3, -0.25) is 0 Å². The van der Waals surface area contributed by atoms with Gasteiger partial charge in [0, 0.05) is 0 Å². The molecule has 0 bridgehead atoms. The van der Waals surface area contributed by atoms with Crippen molar-refractivity contribution in [2.45, 2.75) is 19.1 Å². The maximum absolute atomic E-state index is 12.4. The molecule has 2 aromatic rings. The van der Waals surface area contributed by atoms with Gasteiger partial charge in [-0.15, -0.1) is 0 Å². The number of aliphatic hydroxyl groups is 1. The molecule has 0 saturated heterocycles. The van der Waals surface area contributed by atoms with E-state index in [9.17, 15) is 14.7 Å². The molecule has 150 valence electrons. The maximum atomic E-state index is 12.4. The molecule has 3 N–H and O–H groups in total. The predicted octanol–water partition coefficient (Wildman–Crippen LogP) is 2.49. The Morgan fingerprint density at radius 3 is 2.36 bits per heavy atom. The fourth-order valence-corrected chi connectivity index (χ4v) is 2.54. The van der Waals surface area contributed by atoms with Crippen molar-refractivity contribution >= 4 is 17.7 Å². The number of ether oxygens (including phenoxy) is 3. The summed E-state index contributed by atoms with van der Waals surface area (Å²) in [5.74, 6) is 0.311. The predicted molar refractivity (Wildman–Crippen MR) is 104 cm³/mol. The number of amides is 2. The van der Waals surface area contributed by atoms with Crippen molar-refractivity contribution < 1.29 is 28.9 Å². The molecule has 0 heterocycles. The molecule has 0 aromatic heterocycles. The third-order valence-corrected chi connectivity index (χ3v) is 3.95. The van der Waals surface area contributed by atoms with Crippen LogP contribution in [0.25, 0.3) is 0 Å². The van der Waals surface area contributed by atoms with Crippen LogP contribution in [0.1, 0.15) is 18.6 Å². The summed E-state index contributed by atoms with van der Waals surface area (Å²) >= 11 is 0. The summed E-state index contributed by atoms with van der Waals surface area (Å²) in [7, 11) is 2.70. The third kappa shape index (κ3) is 5.37. The number of carbonyl (C=O) groups excluding carboxylic acids is 2. The summed E-state index contributed by atoms with van der Waals surface area (Å²) in [5, 5.41) is 15.7.